The summed E-state index contributed by atoms with van der Waals surface area (Å²) in [6.45, 7) is 8.87. The second-order valence-corrected chi connectivity index (χ2v) is 4.95. The van der Waals surface area contributed by atoms with Gasteiger partial charge in [-0.1, -0.05) is 45.6 Å². The third kappa shape index (κ3) is 5.15. The highest BCUT2D eigenvalue weighted by Gasteiger charge is 2.14. The van der Waals surface area contributed by atoms with Gasteiger partial charge in [0.1, 0.15) is 11.9 Å². The van der Waals surface area contributed by atoms with Crippen molar-refractivity contribution >= 4 is 0 Å². The van der Waals surface area contributed by atoms with Crippen molar-refractivity contribution in [3.63, 3.8) is 0 Å². The van der Waals surface area contributed by atoms with Crippen LogP contribution in [-0.2, 0) is 13.0 Å². The van der Waals surface area contributed by atoms with Crippen LogP contribution in [-0.4, -0.2) is 19.9 Å². The first kappa shape index (κ1) is 15.9. The predicted octanol–water partition coefficient (Wildman–Crippen LogP) is 3.42. The maximum Gasteiger partial charge on any atom is 0.183 e. The maximum atomic E-state index is 9.75. The summed E-state index contributed by atoms with van der Waals surface area (Å²) in [6.07, 6.45) is 8.72. The molecule has 0 saturated carbocycles. The van der Waals surface area contributed by atoms with Gasteiger partial charge in [0.15, 0.2) is 5.82 Å². The van der Waals surface area contributed by atoms with Crippen LogP contribution in [0.25, 0.3) is 0 Å². The van der Waals surface area contributed by atoms with Gasteiger partial charge in [0.2, 0.25) is 0 Å². The Labute approximate surface area is 116 Å². The summed E-state index contributed by atoms with van der Waals surface area (Å²) in [7, 11) is 0. The number of rotatable bonds is 10. The molecule has 0 amide bonds. The van der Waals surface area contributed by atoms with E-state index in [-0.39, 0.29) is 0 Å². The lowest BCUT2D eigenvalue weighted by Gasteiger charge is -2.04. The molecule has 0 saturated heterocycles. The lowest BCUT2D eigenvalue weighted by molar-refractivity contribution is 0.218. The van der Waals surface area contributed by atoms with E-state index in [0.29, 0.717) is 5.82 Å². The van der Waals surface area contributed by atoms with Gasteiger partial charge < -0.3 is 5.11 Å². The normalized spacial score (nSPS) is 12.6. The van der Waals surface area contributed by atoms with Crippen LogP contribution in [0.4, 0.5) is 0 Å². The molecule has 0 radical (unpaired) electrons. The van der Waals surface area contributed by atoms with E-state index < -0.39 is 6.10 Å². The van der Waals surface area contributed by atoms with Crippen LogP contribution < -0.4 is 0 Å². The number of hydrogen-bond donors (Lipinski definition) is 1. The predicted molar refractivity (Wildman–Crippen MR) is 77.9 cm³/mol. The van der Waals surface area contributed by atoms with E-state index in [1.54, 1.807) is 0 Å². The molecule has 0 aliphatic heterocycles. The van der Waals surface area contributed by atoms with Gasteiger partial charge in [0.25, 0.3) is 0 Å². The number of aromatic nitrogens is 3. The molecule has 0 fully saturated rings. The zero-order chi connectivity index (χ0) is 14.1. The monoisotopic (exact) mass is 265 g/mol. The Morgan fingerprint density at radius 3 is 2.53 bits per heavy atom. The van der Waals surface area contributed by atoms with Gasteiger partial charge >= 0.3 is 0 Å². The zero-order valence-electron chi connectivity index (χ0n) is 12.3. The molecule has 108 valence electrons. The van der Waals surface area contributed by atoms with Gasteiger partial charge in [-0.3, -0.25) is 0 Å². The Hall–Kier alpha value is -1.16. The summed E-state index contributed by atoms with van der Waals surface area (Å²) < 4.78 is 1.97. The molecule has 1 unspecified atom stereocenters. The summed E-state index contributed by atoms with van der Waals surface area (Å²) in [5.41, 5.74) is 0. The van der Waals surface area contributed by atoms with Crippen molar-refractivity contribution in [2.24, 2.45) is 0 Å². The van der Waals surface area contributed by atoms with Crippen LogP contribution in [0.2, 0.25) is 0 Å². The fourth-order valence-electron chi connectivity index (χ4n) is 2.03. The van der Waals surface area contributed by atoms with Crippen molar-refractivity contribution in [3.8, 4) is 0 Å². The number of nitrogens with zero attached hydrogens (tertiary/aromatic N) is 3. The van der Waals surface area contributed by atoms with E-state index in [2.05, 4.69) is 30.5 Å². The minimum atomic E-state index is -0.752. The number of aryl methyl sites for hydroxylation is 2. The first-order valence-corrected chi connectivity index (χ1v) is 7.47. The number of unbranched alkanes of at least 4 members (excludes halogenated alkanes) is 4. The van der Waals surface area contributed by atoms with Crippen molar-refractivity contribution in [3.05, 3.63) is 24.3 Å². The molecular formula is C15H27N3O. The van der Waals surface area contributed by atoms with Crippen LogP contribution in [0.3, 0.4) is 0 Å². The fourth-order valence-corrected chi connectivity index (χ4v) is 2.03. The third-order valence-corrected chi connectivity index (χ3v) is 3.23. The Morgan fingerprint density at radius 1 is 1.21 bits per heavy atom. The molecule has 4 nitrogen and oxygen atoms in total. The molecular weight excluding hydrogens is 238 g/mol. The highest BCUT2D eigenvalue weighted by atomic mass is 16.3. The van der Waals surface area contributed by atoms with Gasteiger partial charge in [-0.15, -0.1) is 6.58 Å². The van der Waals surface area contributed by atoms with E-state index in [1.165, 1.54) is 31.8 Å². The molecule has 0 bridgehead atoms. The molecule has 1 aromatic heterocycles. The minimum absolute atomic E-state index is 0.484. The van der Waals surface area contributed by atoms with Gasteiger partial charge in [0.05, 0.1) is 0 Å². The largest absolute Gasteiger partial charge is 0.381 e. The van der Waals surface area contributed by atoms with Crippen molar-refractivity contribution < 1.29 is 5.11 Å². The van der Waals surface area contributed by atoms with Crippen LogP contribution in [0.1, 0.15) is 70.1 Å². The van der Waals surface area contributed by atoms with Crippen LogP contribution in [0.15, 0.2) is 12.7 Å². The minimum Gasteiger partial charge on any atom is -0.381 e. The van der Waals surface area contributed by atoms with Gasteiger partial charge in [0, 0.05) is 13.0 Å². The lowest BCUT2D eigenvalue weighted by Crippen LogP contribution is -2.06. The molecule has 19 heavy (non-hydrogen) atoms. The molecule has 0 spiro atoms. The molecule has 0 aliphatic carbocycles. The molecule has 1 aromatic rings. The van der Waals surface area contributed by atoms with E-state index in [4.69, 9.17) is 0 Å². The molecule has 1 rings (SSSR count). The topological polar surface area (TPSA) is 50.9 Å². The maximum absolute atomic E-state index is 9.75. The van der Waals surface area contributed by atoms with E-state index in [1.807, 2.05) is 4.68 Å². The summed E-state index contributed by atoms with van der Waals surface area (Å²) in [5, 5.41) is 14.2. The third-order valence-electron chi connectivity index (χ3n) is 3.23. The Bertz CT molecular complexity index is 346. The number of aliphatic hydroxyl groups is 1. The zero-order valence-corrected chi connectivity index (χ0v) is 12.3. The Kier molecular flexibility index (Phi) is 7.41. The molecule has 4 heteroatoms. The molecule has 1 heterocycles. The van der Waals surface area contributed by atoms with Crippen LogP contribution >= 0.6 is 0 Å². The van der Waals surface area contributed by atoms with Crippen LogP contribution in [0, 0.1) is 0 Å². The van der Waals surface area contributed by atoms with Gasteiger partial charge in [-0.25, -0.2) is 9.67 Å². The van der Waals surface area contributed by atoms with Crippen molar-refractivity contribution in [2.45, 2.75) is 71.4 Å². The van der Waals surface area contributed by atoms with Crippen molar-refractivity contribution in [1.29, 1.82) is 0 Å². The van der Waals surface area contributed by atoms with E-state index in [0.717, 1.165) is 31.6 Å². The second kappa shape index (κ2) is 8.86. The SMILES string of the molecule is C=CC(O)c1nc(CCCCC)n(CCCCC)n1. The van der Waals surface area contributed by atoms with E-state index in [9.17, 15) is 5.11 Å². The highest BCUT2D eigenvalue weighted by Crippen LogP contribution is 2.13. The number of hydrogen-bond acceptors (Lipinski definition) is 3. The van der Waals surface area contributed by atoms with Crippen molar-refractivity contribution in [1.82, 2.24) is 14.8 Å². The summed E-state index contributed by atoms with van der Waals surface area (Å²) in [5.74, 6) is 1.48. The Balaban J connectivity index is 2.71. The standard InChI is InChI=1S/C15H27N3O/c1-4-7-9-11-14-16-15(13(19)6-3)17-18(14)12-10-8-5-2/h6,13,19H,3-5,7-12H2,1-2H3. The quantitative estimate of drug-likeness (QED) is 0.521. The summed E-state index contributed by atoms with van der Waals surface area (Å²) >= 11 is 0. The first-order valence-electron chi connectivity index (χ1n) is 7.47. The van der Waals surface area contributed by atoms with E-state index >= 15 is 0 Å². The van der Waals surface area contributed by atoms with Crippen LogP contribution in [0.5, 0.6) is 0 Å². The molecule has 0 aliphatic rings. The molecule has 1 atom stereocenters. The lowest BCUT2D eigenvalue weighted by atomic mass is 10.2. The first-order chi connectivity index (χ1) is 9.22. The molecule has 0 aromatic carbocycles. The molecule has 1 N–H and O–H groups in total. The summed E-state index contributed by atoms with van der Waals surface area (Å²) in [4.78, 5) is 4.46. The Morgan fingerprint density at radius 2 is 1.89 bits per heavy atom. The average Bonchev–Trinajstić information content (AvgIpc) is 2.82. The fraction of sp³-hybridized carbons (Fsp3) is 0.733. The van der Waals surface area contributed by atoms with Gasteiger partial charge in [-0.2, -0.15) is 5.10 Å². The summed E-state index contributed by atoms with van der Waals surface area (Å²) in [6, 6.07) is 0. The smallest absolute Gasteiger partial charge is 0.183 e. The average molecular weight is 265 g/mol. The van der Waals surface area contributed by atoms with Crippen molar-refractivity contribution in [2.75, 3.05) is 0 Å². The van der Waals surface area contributed by atoms with Gasteiger partial charge in [-0.05, 0) is 12.8 Å². The number of aliphatic hydroxyl groups excluding tert-OH is 1. The highest BCUT2D eigenvalue weighted by molar-refractivity contribution is 5.02. The second-order valence-electron chi connectivity index (χ2n) is 4.95.